The SMILES string of the molecule is CCN(CC)C1CCN(C(=O)c2ccc3c(c2)CNC3)C1.Cl.Cl. The van der Waals surface area contributed by atoms with Gasteiger partial charge in [-0.1, -0.05) is 19.9 Å². The van der Waals surface area contributed by atoms with E-state index in [9.17, 15) is 4.79 Å². The van der Waals surface area contributed by atoms with Gasteiger partial charge in [-0.3, -0.25) is 9.69 Å². The Labute approximate surface area is 151 Å². The molecule has 4 nitrogen and oxygen atoms in total. The van der Waals surface area contributed by atoms with Crippen molar-refractivity contribution in [2.45, 2.75) is 39.4 Å². The molecule has 130 valence electrons. The molecule has 2 heterocycles. The first-order valence-electron chi connectivity index (χ1n) is 8.08. The van der Waals surface area contributed by atoms with Gasteiger partial charge >= 0.3 is 0 Å². The second-order valence-electron chi connectivity index (χ2n) is 6.00. The first-order valence-corrected chi connectivity index (χ1v) is 8.08. The maximum atomic E-state index is 12.7. The lowest BCUT2D eigenvalue weighted by atomic mass is 10.1. The van der Waals surface area contributed by atoms with Crippen molar-refractivity contribution in [2.75, 3.05) is 26.2 Å². The number of fused-ring (bicyclic) bond motifs is 1. The number of rotatable bonds is 4. The summed E-state index contributed by atoms with van der Waals surface area (Å²) in [5.41, 5.74) is 3.45. The zero-order valence-corrected chi connectivity index (χ0v) is 15.5. The zero-order valence-electron chi connectivity index (χ0n) is 13.9. The standard InChI is InChI=1S/C17H25N3O.2ClH/c1-3-19(4-2)16-7-8-20(12-16)17(21)13-5-6-14-10-18-11-15(14)9-13;;/h5-6,9,16,18H,3-4,7-8,10-12H2,1-2H3;2*1H. The van der Waals surface area contributed by atoms with Crippen molar-refractivity contribution in [1.82, 2.24) is 15.1 Å². The van der Waals surface area contributed by atoms with E-state index in [4.69, 9.17) is 0 Å². The maximum Gasteiger partial charge on any atom is 0.253 e. The summed E-state index contributed by atoms with van der Waals surface area (Å²) in [5, 5.41) is 3.33. The third kappa shape index (κ3) is 4.18. The lowest BCUT2D eigenvalue weighted by Crippen LogP contribution is -2.38. The number of carbonyl (C=O) groups excluding carboxylic acids is 1. The molecule has 3 rings (SSSR count). The van der Waals surface area contributed by atoms with Crippen molar-refractivity contribution < 1.29 is 4.79 Å². The molecule has 0 bridgehead atoms. The Morgan fingerprint density at radius 2 is 1.91 bits per heavy atom. The number of hydrogen-bond donors (Lipinski definition) is 1. The molecule has 0 radical (unpaired) electrons. The van der Waals surface area contributed by atoms with Gasteiger partial charge in [0.25, 0.3) is 5.91 Å². The third-order valence-electron chi connectivity index (χ3n) is 4.86. The highest BCUT2D eigenvalue weighted by molar-refractivity contribution is 5.94. The van der Waals surface area contributed by atoms with E-state index in [-0.39, 0.29) is 30.7 Å². The molecule has 2 aliphatic rings. The van der Waals surface area contributed by atoms with Gasteiger partial charge in [-0.15, -0.1) is 24.8 Å². The van der Waals surface area contributed by atoms with Crippen LogP contribution in [0, 0.1) is 0 Å². The number of nitrogens with one attached hydrogen (secondary N) is 1. The van der Waals surface area contributed by atoms with Gasteiger partial charge in [-0.2, -0.15) is 0 Å². The van der Waals surface area contributed by atoms with E-state index in [2.05, 4.69) is 36.2 Å². The molecule has 2 aliphatic heterocycles. The first kappa shape index (κ1) is 20.2. The fourth-order valence-electron chi connectivity index (χ4n) is 3.57. The molecule has 1 aromatic carbocycles. The number of nitrogens with zero attached hydrogens (tertiary/aromatic N) is 2. The van der Waals surface area contributed by atoms with E-state index in [1.165, 1.54) is 11.1 Å². The average Bonchev–Trinajstić information content (AvgIpc) is 3.16. The predicted octanol–water partition coefficient (Wildman–Crippen LogP) is 2.69. The van der Waals surface area contributed by atoms with E-state index in [0.717, 1.165) is 51.3 Å². The Balaban J connectivity index is 0.00000132. The number of hydrogen-bond acceptors (Lipinski definition) is 3. The Morgan fingerprint density at radius 1 is 1.22 bits per heavy atom. The molecule has 0 aliphatic carbocycles. The number of likely N-dealkylation sites (tertiary alicyclic amines) is 1. The topological polar surface area (TPSA) is 35.6 Å². The predicted molar refractivity (Wildman–Crippen MR) is 98.7 cm³/mol. The molecule has 6 heteroatoms. The molecule has 0 aromatic heterocycles. The number of halogens is 2. The van der Waals surface area contributed by atoms with Crippen LogP contribution in [-0.4, -0.2) is 47.9 Å². The molecule has 1 atom stereocenters. The largest absolute Gasteiger partial charge is 0.337 e. The number of benzene rings is 1. The van der Waals surface area contributed by atoms with Gasteiger partial charge in [-0.25, -0.2) is 0 Å². The highest BCUT2D eigenvalue weighted by Crippen LogP contribution is 2.21. The number of likely N-dealkylation sites (N-methyl/N-ethyl adjacent to an activating group) is 1. The Morgan fingerprint density at radius 3 is 2.61 bits per heavy atom. The van der Waals surface area contributed by atoms with E-state index >= 15 is 0 Å². The molecular formula is C17H27Cl2N3O. The summed E-state index contributed by atoms with van der Waals surface area (Å²) < 4.78 is 0. The summed E-state index contributed by atoms with van der Waals surface area (Å²) in [6.45, 7) is 10.1. The Kier molecular flexibility index (Phi) is 7.81. The minimum Gasteiger partial charge on any atom is -0.337 e. The summed E-state index contributed by atoms with van der Waals surface area (Å²) in [4.78, 5) is 17.2. The first-order chi connectivity index (χ1) is 10.2. The summed E-state index contributed by atoms with van der Waals surface area (Å²) in [6, 6.07) is 6.68. The second kappa shape index (κ2) is 8.88. The van der Waals surface area contributed by atoms with Crippen molar-refractivity contribution in [2.24, 2.45) is 0 Å². The van der Waals surface area contributed by atoms with Crippen molar-refractivity contribution in [3.63, 3.8) is 0 Å². The smallest absolute Gasteiger partial charge is 0.253 e. The molecule has 1 aromatic rings. The average molecular weight is 360 g/mol. The highest BCUT2D eigenvalue weighted by atomic mass is 35.5. The molecule has 1 unspecified atom stereocenters. The van der Waals surface area contributed by atoms with Crippen LogP contribution in [-0.2, 0) is 13.1 Å². The van der Waals surface area contributed by atoms with Gasteiger partial charge in [0.2, 0.25) is 0 Å². The fourth-order valence-corrected chi connectivity index (χ4v) is 3.57. The molecule has 23 heavy (non-hydrogen) atoms. The monoisotopic (exact) mass is 359 g/mol. The van der Waals surface area contributed by atoms with Gasteiger partial charge in [0.1, 0.15) is 0 Å². The van der Waals surface area contributed by atoms with E-state index < -0.39 is 0 Å². The summed E-state index contributed by atoms with van der Waals surface area (Å²) in [6.07, 6.45) is 1.10. The van der Waals surface area contributed by atoms with Crippen LogP contribution in [0.2, 0.25) is 0 Å². The van der Waals surface area contributed by atoms with Gasteiger partial charge < -0.3 is 10.2 Å². The molecule has 0 saturated carbocycles. The van der Waals surface area contributed by atoms with Gasteiger partial charge in [0, 0.05) is 37.8 Å². The van der Waals surface area contributed by atoms with E-state index in [1.54, 1.807) is 0 Å². The van der Waals surface area contributed by atoms with Crippen LogP contribution >= 0.6 is 24.8 Å². The maximum absolute atomic E-state index is 12.7. The van der Waals surface area contributed by atoms with Gasteiger partial charge in [0.15, 0.2) is 0 Å². The van der Waals surface area contributed by atoms with Crippen LogP contribution in [0.5, 0.6) is 0 Å². The van der Waals surface area contributed by atoms with Crippen molar-refractivity contribution in [3.05, 3.63) is 34.9 Å². The minimum atomic E-state index is 0. The fraction of sp³-hybridized carbons (Fsp3) is 0.588. The second-order valence-corrected chi connectivity index (χ2v) is 6.00. The highest BCUT2D eigenvalue weighted by Gasteiger charge is 2.30. The van der Waals surface area contributed by atoms with Crippen LogP contribution in [0.25, 0.3) is 0 Å². The quantitative estimate of drug-likeness (QED) is 0.897. The van der Waals surface area contributed by atoms with Gasteiger partial charge in [-0.05, 0) is 42.8 Å². The number of amides is 1. The Hall–Kier alpha value is -0.810. The van der Waals surface area contributed by atoms with E-state index in [0.29, 0.717) is 6.04 Å². The van der Waals surface area contributed by atoms with Crippen LogP contribution in [0.15, 0.2) is 18.2 Å². The lowest BCUT2D eigenvalue weighted by molar-refractivity contribution is 0.0778. The molecule has 1 saturated heterocycles. The molecule has 0 spiro atoms. The van der Waals surface area contributed by atoms with E-state index in [1.807, 2.05) is 11.0 Å². The summed E-state index contributed by atoms with van der Waals surface area (Å²) >= 11 is 0. The van der Waals surface area contributed by atoms with Crippen LogP contribution in [0.4, 0.5) is 0 Å². The molecule has 1 fully saturated rings. The van der Waals surface area contributed by atoms with Crippen LogP contribution in [0.3, 0.4) is 0 Å². The lowest BCUT2D eigenvalue weighted by Gasteiger charge is -2.26. The molecule has 1 N–H and O–H groups in total. The van der Waals surface area contributed by atoms with Crippen molar-refractivity contribution in [1.29, 1.82) is 0 Å². The van der Waals surface area contributed by atoms with Crippen molar-refractivity contribution in [3.8, 4) is 0 Å². The Bertz CT molecular complexity index is 535. The zero-order chi connectivity index (χ0) is 14.8. The van der Waals surface area contributed by atoms with Gasteiger partial charge in [0.05, 0.1) is 0 Å². The van der Waals surface area contributed by atoms with Crippen LogP contribution in [0.1, 0.15) is 41.8 Å². The van der Waals surface area contributed by atoms with Crippen LogP contribution < -0.4 is 5.32 Å². The summed E-state index contributed by atoms with van der Waals surface area (Å²) in [7, 11) is 0. The molecular weight excluding hydrogens is 333 g/mol. The summed E-state index contributed by atoms with van der Waals surface area (Å²) in [5.74, 6) is 0.194. The minimum absolute atomic E-state index is 0. The van der Waals surface area contributed by atoms with Crippen molar-refractivity contribution >= 4 is 30.7 Å². The number of carbonyl (C=O) groups is 1. The molecule has 1 amide bonds. The third-order valence-corrected chi connectivity index (χ3v) is 4.86. The normalized spacial score (nSPS) is 19.3.